The molecule has 1 rings (SSSR count). The molecule has 0 nitrogen and oxygen atoms in total. The third-order valence-electron chi connectivity index (χ3n) is 1.59. The van der Waals surface area contributed by atoms with Crippen LogP contribution < -0.4 is 0 Å². The summed E-state index contributed by atoms with van der Waals surface area (Å²) < 4.78 is 0. The molecule has 0 fully saturated rings. The second kappa shape index (κ2) is 6.11. The second-order valence-corrected chi connectivity index (χ2v) is 4.93. The largest absolute Gasteiger partial charge is 0.125 e. The van der Waals surface area contributed by atoms with Gasteiger partial charge in [0.25, 0.3) is 0 Å². The van der Waals surface area contributed by atoms with E-state index in [4.69, 9.17) is 11.6 Å². The summed E-state index contributed by atoms with van der Waals surface area (Å²) in [7, 11) is 0. The van der Waals surface area contributed by atoms with Crippen molar-refractivity contribution < 1.29 is 0 Å². The fraction of sp³-hybridized carbons (Fsp3) is 0.556. The van der Waals surface area contributed by atoms with Crippen LogP contribution in [0.3, 0.4) is 0 Å². The van der Waals surface area contributed by atoms with Crippen molar-refractivity contribution in [2.45, 2.75) is 19.3 Å². The molecule has 0 unspecified atom stereocenters. The molecule has 3 heteroatoms. The number of halogens is 2. The first kappa shape index (κ1) is 10.7. The van der Waals surface area contributed by atoms with Crippen LogP contribution in [-0.2, 0) is 0 Å². The lowest BCUT2D eigenvalue weighted by molar-refractivity contribution is 1.03. The third-order valence-corrected chi connectivity index (χ3v) is 3.81. The van der Waals surface area contributed by atoms with Gasteiger partial charge < -0.3 is 0 Å². The summed E-state index contributed by atoms with van der Waals surface area (Å²) in [5.74, 6) is 1.15. The van der Waals surface area contributed by atoms with Crippen LogP contribution in [0.1, 0.15) is 19.3 Å². The molecule has 68 valence electrons. The Labute approximate surface area is 91.6 Å². The van der Waals surface area contributed by atoms with Crippen molar-refractivity contribution in [3.8, 4) is 0 Å². The average Bonchev–Trinajstić information content (AvgIpc) is 2.09. The molecule has 12 heavy (non-hydrogen) atoms. The van der Waals surface area contributed by atoms with Gasteiger partial charge in [-0.25, -0.2) is 0 Å². The summed E-state index contributed by atoms with van der Waals surface area (Å²) >= 11 is 11.3. The van der Waals surface area contributed by atoms with Crippen LogP contribution >= 0.6 is 39.3 Å². The van der Waals surface area contributed by atoms with Crippen LogP contribution in [0.2, 0.25) is 0 Å². The van der Waals surface area contributed by atoms with Crippen molar-refractivity contribution in [1.82, 2.24) is 0 Å². The maximum atomic E-state index is 6.02. The monoisotopic (exact) mass is 266 g/mol. The topological polar surface area (TPSA) is 0 Å². The average molecular weight is 268 g/mol. The van der Waals surface area contributed by atoms with E-state index in [9.17, 15) is 0 Å². The highest BCUT2D eigenvalue weighted by Crippen LogP contribution is 2.31. The number of hydrogen-bond donors (Lipinski definition) is 0. The molecule has 0 N–H and O–H groups in total. The van der Waals surface area contributed by atoms with Crippen LogP contribution in [0.4, 0.5) is 0 Å². The number of rotatable bonds is 4. The molecule has 1 aliphatic rings. The van der Waals surface area contributed by atoms with Gasteiger partial charge in [0.1, 0.15) is 0 Å². The Hall–Kier alpha value is 0.600. The SMILES string of the molecule is ClC1=CCCC=C1SCCCBr. The minimum absolute atomic E-state index is 0.945. The van der Waals surface area contributed by atoms with Crippen LogP contribution in [0.25, 0.3) is 0 Å². The Morgan fingerprint density at radius 2 is 2.17 bits per heavy atom. The zero-order chi connectivity index (χ0) is 8.81. The summed E-state index contributed by atoms with van der Waals surface area (Å²) in [5, 5.41) is 2.02. The molecule has 0 bridgehead atoms. The normalized spacial score (nSPS) is 17.2. The fourth-order valence-electron chi connectivity index (χ4n) is 0.987. The molecule has 0 aromatic rings. The highest BCUT2D eigenvalue weighted by Gasteiger charge is 2.05. The molecular formula is C9H12BrClS. The van der Waals surface area contributed by atoms with Crippen LogP contribution in [0.5, 0.6) is 0 Å². The van der Waals surface area contributed by atoms with Gasteiger partial charge in [0.05, 0.1) is 0 Å². The summed E-state index contributed by atoms with van der Waals surface area (Å²) in [4.78, 5) is 1.27. The Morgan fingerprint density at radius 3 is 2.83 bits per heavy atom. The van der Waals surface area contributed by atoms with Crippen LogP contribution in [0.15, 0.2) is 22.1 Å². The molecule has 1 aliphatic carbocycles. The zero-order valence-corrected chi connectivity index (χ0v) is 10.0. The number of thioether (sulfide) groups is 1. The van der Waals surface area contributed by atoms with E-state index in [-0.39, 0.29) is 0 Å². The predicted octanol–water partition coefficient (Wildman–Crippen LogP) is 4.31. The van der Waals surface area contributed by atoms with E-state index in [1.54, 1.807) is 0 Å². The van der Waals surface area contributed by atoms with Crippen LogP contribution in [0, 0.1) is 0 Å². The minimum atomic E-state index is 0.945. The molecular weight excluding hydrogens is 256 g/mol. The Balaban J connectivity index is 2.31. The molecule has 0 saturated carbocycles. The second-order valence-electron chi connectivity index (χ2n) is 2.59. The maximum Gasteiger partial charge on any atom is 0.0498 e. The predicted molar refractivity (Wildman–Crippen MR) is 62.1 cm³/mol. The van der Waals surface area contributed by atoms with E-state index < -0.39 is 0 Å². The lowest BCUT2D eigenvalue weighted by Crippen LogP contribution is -1.88. The van der Waals surface area contributed by atoms with E-state index in [2.05, 4.69) is 28.1 Å². The third kappa shape index (κ3) is 3.55. The van der Waals surface area contributed by atoms with Crippen molar-refractivity contribution in [3.63, 3.8) is 0 Å². The lowest BCUT2D eigenvalue weighted by Gasteiger charge is -2.09. The minimum Gasteiger partial charge on any atom is -0.125 e. The highest BCUT2D eigenvalue weighted by molar-refractivity contribution is 9.09. The quantitative estimate of drug-likeness (QED) is 0.540. The van der Waals surface area contributed by atoms with E-state index in [0.717, 1.165) is 29.0 Å². The standard InChI is InChI=1S/C9H12BrClS/c10-6-3-7-12-9-5-2-1-4-8(9)11/h4-5H,1-3,6-7H2. The van der Waals surface area contributed by atoms with Gasteiger partial charge >= 0.3 is 0 Å². The van der Waals surface area contributed by atoms with Crippen LogP contribution in [-0.4, -0.2) is 11.1 Å². The van der Waals surface area contributed by atoms with Crippen molar-refractivity contribution in [1.29, 1.82) is 0 Å². The van der Waals surface area contributed by atoms with Gasteiger partial charge in [0.15, 0.2) is 0 Å². The molecule has 0 saturated heterocycles. The first-order valence-corrected chi connectivity index (χ1v) is 6.58. The number of alkyl halides is 1. The van der Waals surface area contributed by atoms with E-state index in [0.29, 0.717) is 0 Å². The number of allylic oxidation sites excluding steroid dienone is 3. The molecule has 0 heterocycles. The fourth-order valence-corrected chi connectivity index (χ4v) is 2.95. The van der Waals surface area contributed by atoms with Gasteiger partial charge in [-0.1, -0.05) is 39.7 Å². The number of hydrogen-bond acceptors (Lipinski definition) is 1. The molecule has 0 aromatic heterocycles. The van der Waals surface area contributed by atoms with Gasteiger partial charge in [-0.05, 0) is 25.0 Å². The van der Waals surface area contributed by atoms with Gasteiger partial charge in [0.2, 0.25) is 0 Å². The zero-order valence-electron chi connectivity index (χ0n) is 6.85. The molecule has 0 spiro atoms. The van der Waals surface area contributed by atoms with Crippen molar-refractivity contribution in [2.75, 3.05) is 11.1 Å². The molecule has 0 atom stereocenters. The Bertz CT molecular complexity index is 199. The van der Waals surface area contributed by atoms with Gasteiger partial charge in [0, 0.05) is 15.3 Å². The summed E-state index contributed by atoms with van der Waals surface area (Å²) in [6, 6.07) is 0. The summed E-state index contributed by atoms with van der Waals surface area (Å²) in [5.41, 5.74) is 0. The van der Waals surface area contributed by atoms with Crippen molar-refractivity contribution in [3.05, 3.63) is 22.1 Å². The summed E-state index contributed by atoms with van der Waals surface area (Å²) in [6.45, 7) is 0. The van der Waals surface area contributed by atoms with Gasteiger partial charge in [-0.15, -0.1) is 11.8 Å². The summed E-state index contributed by atoms with van der Waals surface area (Å²) in [6.07, 6.45) is 7.79. The van der Waals surface area contributed by atoms with Gasteiger partial charge in [-0.3, -0.25) is 0 Å². The Kier molecular flexibility index (Phi) is 5.44. The Morgan fingerprint density at radius 1 is 1.42 bits per heavy atom. The first-order chi connectivity index (χ1) is 5.84. The van der Waals surface area contributed by atoms with E-state index in [1.807, 2.05) is 11.8 Å². The maximum absolute atomic E-state index is 6.02. The van der Waals surface area contributed by atoms with Gasteiger partial charge in [-0.2, -0.15) is 0 Å². The van der Waals surface area contributed by atoms with E-state index in [1.165, 1.54) is 11.3 Å². The van der Waals surface area contributed by atoms with E-state index >= 15 is 0 Å². The van der Waals surface area contributed by atoms with Crippen molar-refractivity contribution >= 4 is 39.3 Å². The van der Waals surface area contributed by atoms with Crippen molar-refractivity contribution in [2.24, 2.45) is 0 Å². The molecule has 0 amide bonds. The smallest absolute Gasteiger partial charge is 0.0498 e. The lowest BCUT2D eigenvalue weighted by atomic mass is 10.2. The molecule has 0 aliphatic heterocycles. The highest BCUT2D eigenvalue weighted by atomic mass is 79.9. The molecule has 0 aromatic carbocycles. The first-order valence-electron chi connectivity index (χ1n) is 4.09. The molecule has 0 radical (unpaired) electrons.